The van der Waals surface area contributed by atoms with Crippen molar-refractivity contribution in [2.75, 3.05) is 18.9 Å². The van der Waals surface area contributed by atoms with E-state index in [1.165, 1.54) is 6.33 Å². The van der Waals surface area contributed by atoms with Crippen molar-refractivity contribution in [3.05, 3.63) is 36.0 Å². The van der Waals surface area contributed by atoms with Crippen LogP contribution in [0.3, 0.4) is 0 Å². The van der Waals surface area contributed by atoms with E-state index in [0.29, 0.717) is 23.8 Å². The molecule has 2 aromatic heterocycles. The predicted octanol–water partition coefficient (Wildman–Crippen LogP) is 1.29. The van der Waals surface area contributed by atoms with Gasteiger partial charge in [0.1, 0.15) is 18.0 Å². The molecule has 0 saturated carbocycles. The van der Waals surface area contributed by atoms with Gasteiger partial charge in [-0.1, -0.05) is 6.92 Å². The molecule has 0 fully saturated rings. The van der Waals surface area contributed by atoms with Crippen LogP contribution in [0.2, 0.25) is 0 Å². The van der Waals surface area contributed by atoms with Crippen LogP contribution < -0.4 is 5.32 Å². The van der Waals surface area contributed by atoms with Gasteiger partial charge >= 0.3 is 0 Å². The van der Waals surface area contributed by atoms with Crippen molar-refractivity contribution < 1.29 is 4.79 Å². The summed E-state index contributed by atoms with van der Waals surface area (Å²) in [6, 6.07) is 3.52. The van der Waals surface area contributed by atoms with E-state index in [2.05, 4.69) is 32.4 Å². The number of aromatic amines is 1. The first kappa shape index (κ1) is 14.0. The lowest BCUT2D eigenvalue weighted by Gasteiger charge is -2.17. The second-order valence-electron chi connectivity index (χ2n) is 4.42. The van der Waals surface area contributed by atoms with Gasteiger partial charge in [-0.2, -0.15) is 5.10 Å². The van der Waals surface area contributed by atoms with Crippen LogP contribution in [0.25, 0.3) is 0 Å². The fraction of sp³-hybridized carbons (Fsp3) is 0.385. The van der Waals surface area contributed by atoms with Crippen LogP contribution in [0.1, 0.15) is 29.5 Å². The fourth-order valence-corrected chi connectivity index (χ4v) is 1.77. The maximum atomic E-state index is 12.4. The highest BCUT2D eigenvalue weighted by atomic mass is 16.2. The molecule has 0 aliphatic heterocycles. The Hall–Kier alpha value is -2.44. The molecule has 2 rings (SSSR count). The standard InChI is InChI=1S/C13H18N6O/c1-3-6-14-12-10(5-4-7-15-12)13(20)19(2)8-11-16-9-17-18-11/h4-5,7,9H,3,6,8H2,1-2H3,(H,14,15)(H,16,17,18). The zero-order chi connectivity index (χ0) is 14.4. The molecule has 0 unspecified atom stereocenters. The SMILES string of the molecule is CCCNc1ncccc1C(=O)N(C)Cc1ncn[nH]1. The number of hydrogen-bond acceptors (Lipinski definition) is 5. The van der Waals surface area contributed by atoms with Gasteiger partial charge < -0.3 is 10.2 Å². The van der Waals surface area contributed by atoms with Gasteiger partial charge in [0, 0.05) is 19.8 Å². The highest BCUT2D eigenvalue weighted by Crippen LogP contribution is 2.14. The molecule has 7 heteroatoms. The van der Waals surface area contributed by atoms with E-state index >= 15 is 0 Å². The molecule has 2 aromatic rings. The number of nitrogens with one attached hydrogen (secondary N) is 2. The number of pyridine rings is 1. The Labute approximate surface area is 117 Å². The molecule has 0 atom stereocenters. The molecule has 0 bridgehead atoms. The van der Waals surface area contributed by atoms with Crippen molar-refractivity contribution >= 4 is 11.7 Å². The molecule has 0 saturated heterocycles. The van der Waals surface area contributed by atoms with E-state index in [4.69, 9.17) is 0 Å². The van der Waals surface area contributed by atoms with Gasteiger partial charge in [0.15, 0.2) is 0 Å². The number of H-pyrrole nitrogens is 1. The topological polar surface area (TPSA) is 86.8 Å². The molecule has 2 N–H and O–H groups in total. The van der Waals surface area contributed by atoms with Gasteiger partial charge in [-0.3, -0.25) is 9.89 Å². The Morgan fingerprint density at radius 3 is 3.00 bits per heavy atom. The van der Waals surface area contributed by atoms with Crippen molar-refractivity contribution in [1.82, 2.24) is 25.1 Å². The summed E-state index contributed by atoms with van der Waals surface area (Å²) in [4.78, 5) is 22.3. The lowest BCUT2D eigenvalue weighted by molar-refractivity contribution is 0.0782. The number of carbonyl (C=O) groups is 1. The van der Waals surface area contributed by atoms with Gasteiger partial charge in [-0.05, 0) is 18.6 Å². The molecular weight excluding hydrogens is 256 g/mol. The first-order chi connectivity index (χ1) is 9.72. The number of hydrogen-bond donors (Lipinski definition) is 2. The van der Waals surface area contributed by atoms with Crippen LogP contribution in [0.4, 0.5) is 5.82 Å². The molecule has 20 heavy (non-hydrogen) atoms. The van der Waals surface area contributed by atoms with Gasteiger partial charge in [0.2, 0.25) is 0 Å². The summed E-state index contributed by atoms with van der Waals surface area (Å²) in [5.41, 5.74) is 0.558. The molecule has 0 aliphatic rings. The monoisotopic (exact) mass is 274 g/mol. The summed E-state index contributed by atoms with van der Waals surface area (Å²) in [7, 11) is 1.72. The van der Waals surface area contributed by atoms with Crippen LogP contribution in [-0.4, -0.2) is 44.6 Å². The van der Waals surface area contributed by atoms with Gasteiger partial charge in [-0.15, -0.1) is 0 Å². The number of amides is 1. The second kappa shape index (κ2) is 6.65. The first-order valence-electron chi connectivity index (χ1n) is 6.51. The zero-order valence-electron chi connectivity index (χ0n) is 11.6. The van der Waals surface area contributed by atoms with Crippen LogP contribution in [-0.2, 0) is 6.54 Å². The summed E-state index contributed by atoms with van der Waals surface area (Å²) >= 11 is 0. The normalized spacial score (nSPS) is 10.3. The maximum absolute atomic E-state index is 12.4. The lowest BCUT2D eigenvalue weighted by Crippen LogP contribution is -2.28. The van der Waals surface area contributed by atoms with E-state index < -0.39 is 0 Å². The van der Waals surface area contributed by atoms with E-state index in [0.717, 1.165) is 13.0 Å². The summed E-state index contributed by atoms with van der Waals surface area (Å²) < 4.78 is 0. The predicted molar refractivity (Wildman–Crippen MR) is 75.2 cm³/mol. The van der Waals surface area contributed by atoms with Crippen LogP contribution in [0, 0.1) is 0 Å². The maximum Gasteiger partial charge on any atom is 0.257 e. The van der Waals surface area contributed by atoms with Gasteiger partial charge in [0.25, 0.3) is 5.91 Å². The minimum Gasteiger partial charge on any atom is -0.369 e. The fourth-order valence-electron chi connectivity index (χ4n) is 1.77. The van der Waals surface area contributed by atoms with E-state index in [-0.39, 0.29) is 5.91 Å². The summed E-state index contributed by atoms with van der Waals surface area (Å²) in [6.07, 6.45) is 4.06. The average molecular weight is 274 g/mol. The number of carbonyl (C=O) groups excluding carboxylic acids is 1. The quantitative estimate of drug-likeness (QED) is 0.829. The van der Waals surface area contributed by atoms with Crippen molar-refractivity contribution in [1.29, 1.82) is 0 Å². The Bertz CT molecular complexity index is 554. The molecular formula is C13H18N6O. The highest BCUT2D eigenvalue weighted by Gasteiger charge is 2.17. The highest BCUT2D eigenvalue weighted by molar-refractivity contribution is 5.98. The molecule has 1 amide bonds. The van der Waals surface area contributed by atoms with Gasteiger partial charge in [-0.25, -0.2) is 9.97 Å². The second-order valence-corrected chi connectivity index (χ2v) is 4.42. The van der Waals surface area contributed by atoms with Crippen LogP contribution in [0.5, 0.6) is 0 Å². The van der Waals surface area contributed by atoms with Crippen molar-refractivity contribution in [2.45, 2.75) is 19.9 Å². The Morgan fingerprint density at radius 1 is 1.45 bits per heavy atom. The van der Waals surface area contributed by atoms with Gasteiger partial charge in [0.05, 0.1) is 12.1 Å². The summed E-state index contributed by atoms with van der Waals surface area (Å²) in [6.45, 7) is 3.22. The number of aromatic nitrogens is 4. The molecule has 2 heterocycles. The third kappa shape index (κ3) is 3.31. The molecule has 0 aliphatic carbocycles. The van der Waals surface area contributed by atoms with Crippen LogP contribution >= 0.6 is 0 Å². The Kier molecular flexibility index (Phi) is 4.65. The molecule has 0 radical (unpaired) electrons. The van der Waals surface area contributed by atoms with Crippen molar-refractivity contribution in [3.8, 4) is 0 Å². The third-order valence-corrected chi connectivity index (χ3v) is 2.78. The van der Waals surface area contributed by atoms with E-state index in [1.54, 1.807) is 30.3 Å². The third-order valence-electron chi connectivity index (χ3n) is 2.78. The zero-order valence-corrected chi connectivity index (χ0v) is 11.6. The first-order valence-corrected chi connectivity index (χ1v) is 6.51. The minimum atomic E-state index is -0.104. The lowest BCUT2D eigenvalue weighted by atomic mass is 10.2. The molecule has 0 spiro atoms. The number of nitrogens with zero attached hydrogens (tertiary/aromatic N) is 4. The van der Waals surface area contributed by atoms with Crippen molar-refractivity contribution in [3.63, 3.8) is 0 Å². The van der Waals surface area contributed by atoms with Crippen LogP contribution in [0.15, 0.2) is 24.7 Å². The summed E-state index contributed by atoms with van der Waals surface area (Å²) in [5, 5.41) is 9.67. The smallest absolute Gasteiger partial charge is 0.257 e. The Balaban J connectivity index is 2.11. The van der Waals surface area contributed by atoms with E-state index in [9.17, 15) is 4.79 Å². The summed E-state index contributed by atoms with van der Waals surface area (Å²) in [5.74, 6) is 1.16. The number of anilines is 1. The average Bonchev–Trinajstić information content (AvgIpc) is 2.97. The minimum absolute atomic E-state index is 0.104. The largest absolute Gasteiger partial charge is 0.369 e. The molecule has 0 aromatic carbocycles. The van der Waals surface area contributed by atoms with E-state index in [1.807, 2.05) is 0 Å². The molecule has 7 nitrogen and oxygen atoms in total. The van der Waals surface area contributed by atoms with Crippen molar-refractivity contribution in [2.24, 2.45) is 0 Å². The number of rotatable bonds is 6. The molecule has 106 valence electrons. The Morgan fingerprint density at radius 2 is 2.30 bits per heavy atom.